The molecule has 21 heavy (non-hydrogen) atoms. The SMILES string of the molecule is O=P(Pc1ccccc1)(c1ccccc1)c1ccccc1. The van der Waals surface area contributed by atoms with Gasteiger partial charge >= 0.3 is 0 Å². The monoisotopic (exact) mass is 310 g/mol. The van der Waals surface area contributed by atoms with E-state index < -0.39 is 6.83 Å². The molecular formula is C18H16OP2. The number of hydrogen-bond acceptors (Lipinski definition) is 1. The molecule has 0 heterocycles. The first-order valence-corrected chi connectivity index (χ1v) is 10.4. The maximum atomic E-state index is 13.8. The third-order valence-corrected chi connectivity index (χ3v) is 9.53. The molecule has 104 valence electrons. The second-order valence-corrected chi connectivity index (χ2v) is 10.4. The molecule has 0 amide bonds. The van der Waals surface area contributed by atoms with Crippen LogP contribution in [-0.4, -0.2) is 0 Å². The zero-order valence-electron chi connectivity index (χ0n) is 11.5. The average molecular weight is 310 g/mol. The molecule has 0 aliphatic heterocycles. The second kappa shape index (κ2) is 6.39. The summed E-state index contributed by atoms with van der Waals surface area (Å²) in [4.78, 5) is 0. The van der Waals surface area contributed by atoms with Gasteiger partial charge in [-0.1, -0.05) is 91.0 Å². The fourth-order valence-electron chi connectivity index (χ4n) is 2.25. The van der Waals surface area contributed by atoms with E-state index >= 15 is 0 Å². The van der Waals surface area contributed by atoms with E-state index in [1.54, 1.807) is 0 Å². The van der Waals surface area contributed by atoms with Gasteiger partial charge < -0.3 is 4.57 Å². The zero-order valence-corrected chi connectivity index (χ0v) is 13.4. The van der Waals surface area contributed by atoms with Gasteiger partial charge in [0.15, 0.2) is 6.83 Å². The standard InChI is InChI=1S/C18H16OP2/c19-21(17-12-6-2-7-13-17,18-14-8-3-9-15-18)20-16-10-4-1-5-11-16/h1-15,20H. The molecular weight excluding hydrogens is 294 g/mol. The lowest BCUT2D eigenvalue weighted by Crippen LogP contribution is -2.14. The van der Waals surface area contributed by atoms with E-state index in [0.717, 1.165) is 15.9 Å². The molecule has 3 aromatic rings. The third-order valence-electron chi connectivity index (χ3n) is 3.30. The van der Waals surface area contributed by atoms with Crippen molar-refractivity contribution in [3.63, 3.8) is 0 Å². The Morgan fingerprint density at radius 1 is 0.571 bits per heavy atom. The maximum absolute atomic E-state index is 13.8. The highest BCUT2D eigenvalue weighted by atomic mass is 32.1. The molecule has 3 rings (SSSR count). The molecule has 0 aromatic heterocycles. The molecule has 1 unspecified atom stereocenters. The lowest BCUT2D eigenvalue weighted by molar-refractivity contribution is 0.595. The van der Waals surface area contributed by atoms with E-state index in [1.807, 2.05) is 78.9 Å². The van der Waals surface area contributed by atoms with Crippen LogP contribution in [0.3, 0.4) is 0 Å². The van der Waals surface area contributed by atoms with Gasteiger partial charge in [0, 0.05) is 10.6 Å². The van der Waals surface area contributed by atoms with Crippen LogP contribution in [0.2, 0.25) is 0 Å². The Bertz CT molecular complexity index is 696. The molecule has 0 N–H and O–H groups in total. The molecule has 0 saturated carbocycles. The van der Waals surface area contributed by atoms with E-state index in [4.69, 9.17) is 0 Å². The highest BCUT2D eigenvalue weighted by Crippen LogP contribution is 2.60. The summed E-state index contributed by atoms with van der Waals surface area (Å²) < 4.78 is 13.8. The highest BCUT2D eigenvalue weighted by Gasteiger charge is 2.27. The molecule has 1 nitrogen and oxygen atoms in total. The summed E-state index contributed by atoms with van der Waals surface area (Å²) in [6.07, 6.45) is 0. The van der Waals surface area contributed by atoms with Crippen LogP contribution in [0.25, 0.3) is 0 Å². The van der Waals surface area contributed by atoms with Crippen molar-refractivity contribution in [1.82, 2.24) is 0 Å². The third kappa shape index (κ3) is 3.16. The lowest BCUT2D eigenvalue weighted by atomic mass is 10.4. The van der Waals surface area contributed by atoms with Gasteiger partial charge in [0.1, 0.15) is 0 Å². The van der Waals surface area contributed by atoms with E-state index in [0.29, 0.717) is 0 Å². The molecule has 3 aromatic carbocycles. The zero-order chi connectivity index (χ0) is 14.5. The summed E-state index contributed by atoms with van der Waals surface area (Å²) in [5, 5.41) is 2.99. The van der Waals surface area contributed by atoms with Crippen LogP contribution >= 0.6 is 15.1 Å². The maximum Gasteiger partial charge on any atom is 0.164 e. The van der Waals surface area contributed by atoms with Crippen molar-refractivity contribution in [2.24, 2.45) is 0 Å². The predicted molar refractivity (Wildman–Crippen MR) is 94.1 cm³/mol. The summed E-state index contributed by atoms with van der Waals surface area (Å²) >= 11 is 0. The average Bonchev–Trinajstić information content (AvgIpc) is 2.57. The van der Waals surface area contributed by atoms with E-state index in [-0.39, 0.29) is 8.27 Å². The van der Waals surface area contributed by atoms with Crippen molar-refractivity contribution in [2.75, 3.05) is 0 Å². The Morgan fingerprint density at radius 2 is 0.952 bits per heavy atom. The van der Waals surface area contributed by atoms with Crippen molar-refractivity contribution < 1.29 is 4.57 Å². The first kappa shape index (κ1) is 14.3. The topological polar surface area (TPSA) is 17.1 Å². The van der Waals surface area contributed by atoms with Gasteiger partial charge in [-0.3, -0.25) is 0 Å². The highest BCUT2D eigenvalue weighted by molar-refractivity contribution is 8.34. The molecule has 1 atom stereocenters. The van der Waals surface area contributed by atoms with Crippen LogP contribution in [0, 0.1) is 0 Å². The van der Waals surface area contributed by atoms with Crippen molar-refractivity contribution in [3.05, 3.63) is 91.0 Å². The first-order chi connectivity index (χ1) is 10.3. The van der Waals surface area contributed by atoms with Crippen molar-refractivity contribution >= 4 is 31.0 Å². The van der Waals surface area contributed by atoms with Crippen LogP contribution in [0.1, 0.15) is 0 Å². The Morgan fingerprint density at radius 3 is 1.38 bits per heavy atom. The quantitative estimate of drug-likeness (QED) is 0.668. The van der Waals surface area contributed by atoms with Gasteiger partial charge in [0.25, 0.3) is 0 Å². The molecule has 0 bridgehead atoms. The first-order valence-electron chi connectivity index (χ1n) is 6.84. The molecule has 0 fully saturated rings. The number of benzene rings is 3. The largest absolute Gasteiger partial charge is 0.309 e. The summed E-state index contributed by atoms with van der Waals surface area (Å²) in [6.45, 7) is -2.62. The molecule has 0 aliphatic carbocycles. The van der Waals surface area contributed by atoms with E-state index in [1.165, 1.54) is 0 Å². The van der Waals surface area contributed by atoms with Crippen molar-refractivity contribution in [1.29, 1.82) is 0 Å². The van der Waals surface area contributed by atoms with Crippen molar-refractivity contribution in [2.45, 2.75) is 0 Å². The Hall–Kier alpha value is -1.68. The lowest BCUT2D eigenvalue weighted by Gasteiger charge is -2.19. The fraction of sp³-hybridized carbons (Fsp3) is 0. The Labute approximate surface area is 127 Å². The summed E-state index contributed by atoms with van der Waals surface area (Å²) in [5.41, 5.74) is 0. The molecule has 0 aliphatic rings. The van der Waals surface area contributed by atoms with E-state index in [2.05, 4.69) is 12.1 Å². The van der Waals surface area contributed by atoms with Crippen LogP contribution < -0.4 is 15.9 Å². The minimum Gasteiger partial charge on any atom is -0.309 e. The van der Waals surface area contributed by atoms with Gasteiger partial charge in [-0.2, -0.15) is 0 Å². The van der Waals surface area contributed by atoms with Gasteiger partial charge in [0.2, 0.25) is 0 Å². The molecule has 0 saturated heterocycles. The number of hydrogen-bond donors (Lipinski definition) is 0. The van der Waals surface area contributed by atoms with Gasteiger partial charge in [-0.15, -0.1) is 0 Å². The minimum absolute atomic E-state index is 0.259. The second-order valence-electron chi connectivity index (χ2n) is 4.76. The Balaban J connectivity index is 2.10. The summed E-state index contributed by atoms with van der Waals surface area (Å²) in [7, 11) is 0.259. The smallest absolute Gasteiger partial charge is 0.164 e. The Kier molecular flexibility index (Phi) is 4.34. The van der Waals surface area contributed by atoms with Crippen molar-refractivity contribution in [3.8, 4) is 0 Å². The number of rotatable bonds is 4. The molecule has 0 radical (unpaired) electrons. The van der Waals surface area contributed by atoms with Crippen LogP contribution in [0.15, 0.2) is 91.0 Å². The molecule has 3 heteroatoms. The summed E-state index contributed by atoms with van der Waals surface area (Å²) in [6, 6.07) is 29.8. The predicted octanol–water partition coefficient (Wildman–Crippen LogP) is 3.92. The minimum atomic E-state index is -2.62. The van der Waals surface area contributed by atoms with Gasteiger partial charge in [-0.25, -0.2) is 0 Å². The van der Waals surface area contributed by atoms with Crippen LogP contribution in [0.5, 0.6) is 0 Å². The van der Waals surface area contributed by atoms with Gasteiger partial charge in [-0.05, 0) is 13.6 Å². The normalized spacial score (nSPS) is 11.8. The fourth-order valence-corrected chi connectivity index (χ4v) is 7.90. The molecule has 0 spiro atoms. The van der Waals surface area contributed by atoms with Crippen LogP contribution in [0.4, 0.5) is 0 Å². The van der Waals surface area contributed by atoms with E-state index in [9.17, 15) is 4.57 Å². The van der Waals surface area contributed by atoms with Crippen LogP contribution in [-0.2, 0) is 4.57 Å². The summed E-state index contributed by atoms with van der Waals surface area (Å²) in [5.74, 6) is 0. The van der Waals surface area contributed by atoms with Gasteiger partial charge in [0.05, 0.1) is 0 Å².